The Morgan fingerprint density at radius 3 is 2.21 bits per heavy atom. The van der Waals surface area contributed by atoms with Crippen LogP contribution in [-0.4, -0.2) is 7.11 Å². The molecule has 1 nitrogen and oxygen atoms in total. The van der Waals surface area contributed by atoms with Gasteiger partial charge in [0.1, 0.15) is 4.44 Å². The van der Waals surface area contributed by atoms with Crippen molar-refractivity contribution in [2.24, 2.45) is 0 Å². The van der Waals surface area contributed by atoms with Crippen LogP contribution < -0.4 is 5.30 Å². The van der Waals surface area contributed by atoms with Crippen molar-refractivity contribution in [3.63, 3.8) is 0 Å². The largest absolute Gasteiger partial charge is 0.337 e. The standard InChI is InChI=1S/C7H8OP2S4/c1-8-10(12)13-9(11,14-10)7-5-3-2-4-6-7/h2-6H,1H3. The number of hydrogen-bond acceptors (Lipinski definition) is 5. The fourth-order valence-electron chi connectivity index (χ4n) is 1.04. The second-order valence-corrected chi connectivity index (χ2v) is 23.4. The topological polar surface area (TPSA) is 9.23 Å². The average Bonchev–Trinajstić information content (AvgIpc) is 2.17. The van der Waals surface area contributed by atoms with Crippen LogP contribution in [-0.2, 0) is 28.1 Å². The first-order valence-corrected chi connectivity index (χ1v) is 13.4. The molecule has 1 aromatic carbocycles. The van der Waals surface area contributed by atoms with E-state index < -0.39 is 9.11 Å². The molecule has 7 heteroatoms. The Hall–Kier alpha value is 1.18. The molecule has 0 saturated carbocycles. The molecule has 2 rings (SSSR count). The monoisotopic (exact) mass is 298 g/mol. The van der Waals surface area contributed by atoms with Gasteiger partial charge in [-0.25, -0.2) is 0 Å². The van der Waals surface area contributed by atoms with Gasteiger partial charge in [-0.05, 0) is 33.8 Å². The summed E-state index contributed by atoms with van der Waals surface area (Å²) in [5.74, 6) is 0. The fraction of sp³-hybridized carbons (Fsp3) is 0.143. The smallest absolute Gasteiger partial charge is 0.186 e. The van der Waals surface area contributed by atoms with E-state index in [1.165, 1.54) is 5.30 Å². The van der Waals surface area contributed by atoms with Crippen molar-refractivity contribution in [2.75, 3.05) is 7.11 Å². The predicted octanol–water partition coefficient (Wildman–Crippen LogP) is 3.97. The zero-order valence-electron chi connectivity index (χ0n) is 7.32. The Labute approximate surface area is 101 Å². The van der Waals surface area contributed by atoms with Crippen LogP contribution in [0.2, 0.25) is 0 Å². The normalized spacial score (nSPS) is 36.4. The van der Waals surface area contributed by atoms with E-state index in [4.69, 9.17) is 28.1 Å². The van der Waals surface area contributed by atoms with E-state index in [2.05, 4.69) is 12.1 Å². The Balaban J connectivity index is 2.24. The summed E-state index contributed by atoms with van der Waals surface area (Å²) in [5.41, 5.74) is 0. The number of benzene rings is 1. The van der Waals surface area contributed by atoms with Crippen LogP contribution in [0, 0.1) is 0 Å². The first kappa shape index (κ1) is 11.7. The van der Waals surface area contributed by atoms with Crippen LogP contribution in [0.15, 0.2) is 30.3 Å². The van der Waals surface area contributed by atoms with Gasteiger partial charge in [0, 0.05) is 12.4 Å². The Kier molecular flexibility index (Phi) is 3.51. The maximum Gasteiger partial charge on any atom is 0.186 e. The summed E-state index contributed by atoms with van der Waals surface area (Å²) < 4.78 is 2.16. The molecule has 1 aromatic rings. The summed E-state index contributed by atoms with van der Waals surface area (Å²) >= 11 is 14.4. The molecular formula is C7H8OP2S4. The second kappa shape index (κ2) is 4.21. The van der Waals surface area contributed by atoms with Crippen molar-refractivity contribution in [3.05, 3.63) is 30.3 Å². The van der Waals surface area contributed by atoms with Gasteiger partial charge in [0.2, 0.25) is 0 Å². The molecule has 0 aromatic heterocycles. The summed E-state index contributed by atoms with van der Waals surface area (Å²) in [6.45, 7) is 0. The third-order valence-corrected chi connectivity index (χ3v) is 31.5. The van der Waals surface area contributed by atoms with Gasteiger partial charge in [0.05, 0.1) is 0 Å². The average molecular weight is 298 g/mol. The molecule has 0 atom stereocenters. The van der Waals surface area contributed by atoms with E-state index in [1.54, 1.807) is 29.1 Å². The van der Waals surface area contributed by atoms with Crippen molar-refractivity contribution in [3.8, 4) is 0 Å². The molecule has 0 N–H and O–H groups in total. The van der Waals surface area contributed by atoms with Gasteiger partial charge < -0.3 is 4.52 Å². The molecular weight excluding hydrogens is 290 g/mol. The van der Waals surface area contributed by atoms with Gasteiger partial charge in [-0.3, -0.25) is 0 Å². The van der Waals surface area contributed by atoms with Crippen LogP contribution in [0.5, 0.6) is 0 Å². The molecule has 1 aliphatic rings. The van der Waals surface area contributed by atoms with Crippen molar-refractivity contribution in [1.82, 2.24) is 0 Å². The highest BCUT2D eigenvalue weighted by atomic mass is 33.7. The number of rotatable bonds is 2. The zero-order chi connectivity index (χ0) is 10.2. The molecule has 0 unspecified atom stereocenters. The van der Waals surface area contributed by atoms with E-state index in [-0.39, 0.29) is 0 Å². The SMILES string of the molecule is COP1(=S)SP(=S)(c2ccccc2)S1. The summed E-state index contributed by atoms with van der Waals surface area (Å²) in [7, 11) is 1.69. The first-order chi connectivity index (χ1) is 6.58. The number of hydrogen-bond donors (Lipinski definition) is 0. The van der Waals surface area contributed by atoms with E-state index in [9.17, 15) is 0 Å². The lowest BCUT2D eigenvalue weighted by Gasteiger charge is -2.38. The molecule has 76 valence electrons. The van der Waals surface area contributed by atoms with Gasteiger partial charge in [-0.2, -0.15) is 0 Å². The van der Waals surface area contributed by atoms with Crippen molar-refractivity contribution in [2.45, 2.75) is 0 Å². The summed E-state index contributed by atoms with van der Waals surface area (Å²) in [4.78, 5) is 0. The van der Waals surface area contributed by atoms with Crippen LogP contribution >= 0.6 is 31.1 Å². The lowest BCUT2D eigenvalue weighted by molar-refractivity contribution is 0.480. The van der Waals surface area contributed by atoms with E-state index >= 15 is 0 Å². The van der Waals surface area contributed by atoms with Crippen molar-refractivity contribution in [1.29, 1.82) is 0 Å². The van der Waals surface area contributed by atoms with Gasteiger partial charge in [0.25, 0.3) is 0 Å². The zero-order valence-corrected chi connectivity index (χ0v) is 12.4. The predicted molar refractivity (Wildman–Crippen MR) is 76.8 cm³/mol. The third kappa shape index (κ3) is 2.15. The quantitative estimate of drug-likeness (QED) is 0.762. The second-order valence-electron chi connectivity index (χ2n) is 2.63. The maximum absolute atomic E-state index is 5.63. The minimum atomic E-state index is -1.65. The van der Waals surface area contributed by atoms with Gasteiger partial charge in [0.15, 0.2) is 4.67 Å². The van der Waals surface area contributed by atoms with E-state index in [1.807, 2.05) is 18.2 Å². The summed E-state index contributed by atoms with van der Waals surface area (Å²) in [5, 5.41) is 1.25. The molecule has 0 bridgehead atoms. The van der Waals surface area contributed by atoms with Crippen molar-refractivity contribution < 1.29 is 4.52 Å². The minimum absolute atomic E-state index is 1.25. The van der Waals surface area contributed by atoms with Gasteiger partial charge in [-0.1, -0.05) is 42.1 Å². The van der Waals surface area contributed by atoms with E-state index in [0.717, 1.165) is 0 Å². The lowest BCUT2D eigenvalue weighted by atomic mass is 10.4. The van der Waals surface area contributed by atoms with Crippen LogP contribution in [0.25, 0.3) is 0 Å². The molecule has 14 heavy (non-hydrogen) atoms. The molecule has 1 aliphatic heterocycles. The maximum atomic E-state index is 5.63. The highest BCUT2D eigenvalue weighted by molar-refractivity contribution is 9.46. The van der Waals surface area contributed by atoms with Crippen molar-refractivity contribution >= 4 is 60.0 Å². The minimum Gasteiger partial charge on any atom is -0.337 e. The fourth-order valence-corrected chi connectivity index (χ4v) is 39.8. The van der Waals surface area contributed by atoms with Crippen LogP contribution in [0.4, 0.5) is 0 Å². The first-order valence-electron chi connectivity index (χ1n) is 3.82. The lowest BCUT2D eigenvalue weighted by Crippen LogP contribution is -2.02. The molecule has 0 radical (unpaired) electrons. The van der Waals surface area contributed by atoms with Gasteiger partial charge in [-0.15, -0.1) is 0 Å². The molecule has 0 aliphatic carbocycles. The summed E-state index contributed by atoms with van der Waals surface area (Å²) in [6.07, 6.45) is 0. The third-order valence-electron chi connectivity index (χ3n) is 1.71. The highest BCUT2D eigenvalue weighted by Crippen LogP contribution is 3.04. The highest BCUT2D eigenvalue weighted by Gasteiger charge is 2.45. The summed E-state index contributed by atoms with van der Waals surface area (Å²) in [6, 6.07) is 10.2. The van der Waals surface area contributed by atoms with Crippen LogP contribution in [0.3, 0.4) is 0 Å². The van der Waals surface area contributed by atoms with Crippen LogP contribution in [0.1, 0.15) is 0 Å². The Morgan fingerprint density at radius 1 is 1.14 bits per heavy atom. The molecule has 1 fully saturated rings. The molecule has 1 saturated heterocycles. The molecule has 1 heterocycles. The Bertz CT molecular complexity index is 419. The molecule has 0 spiro atoms. The van der Waals surface area contributed by atoms with E-state index in [0.29, 0.717) is 0 Å². The Morgan fingerprint density at radius 2 is 1.71 bits per heavy atom. The molecule has 0 amide bonds. The van der Waals surface area contributed by atoms with Gasteiger partial charge >= 0.3 is 0 Å².